The van der Waals surface area contributed by atoms with Crippen LogP contribution in [0.5, 0.6) is 5.75 Å². The Morgan fingerprint density at radius 2 is 1.71 bits per heavy atom. The van der Waals surface area contributed by atoms with Gasteiger partial charge in [0.25, 0.3) is 0 Å². The molecule has 2 aliphatic rings. The maximum Gasteiger partial charge on any atom is 0.126 e. The van der Waals surface area contributed by atoms with Gasteiger partial charge in [0.05, 0.1) is 0 Å². The summed E-state index contributed by atoms with van der Waals surface area (Å²) >= 11 is 0. The van der Waals surface area contributed by atoms with E-state index in [0.717, 1.165) is 36.8 Å². The summed E-state index contributed by atoms with van der Waals surface area (Å²) in [4.78, 5) is 5.71. The lowest BCUT2D eigenvalue weighted by Gasteiger charge is -2.46. The predicted molar refractivity (Wildman–Crippen MR) is 106 cm³/mol. The van der Waals surface area contributed by atoms with E-state index in [9.17, 15) is 8.78 Å². The predicted octanol–water partition coefficient (Wildman–Crippen LogP) is 5.24. The Morgan fingerprint density at radius 1 is 0.929 bits per heavy atom. The van der Waals surface area contributed by atoms with Gasteiger partial charge in [-0.25, -0.2) is 8.78 Å². The maximum atomic E-state index is 13.4. The van der Waals surface area contributed by atoms with E-state index in [0.29, 0.717) is 17.7 Å². The minimum absolute atomic E-state index is 0.156. The fourth-order valence-electron chi connectivity index (χ4n) is 4.79. The van der Waals surface area contributed by atoms with Gasteiger partial charge in [0.1, 0.15) is 23.5 Å². The van der Waals surface area contributed by atoms with Crippen molar-refractivity contribution < 1.29 is 13.5 Å². The molecule has 1 aliphatic heterocycles. The van der Waals surface area contributed by atoms with Crippen LogP contribution in [0.4, 0.5) is 8.78 Å². The van der Waals surface area contributed by atoms with Crippen LogP contribution in [0.3, 0.4) is 0 Å². The summed E-state index contributed by atoms with van der Waals surface area (Å²) in [5.74, 6) is 0.699. The first-order valence-electron chi connectivity index (χ1n) is 10.1. The molecule has 0 radical (unpaired) electrons. The topological polar surface area (TPSA) is 28.3 Å². The molecule has 146 valence electrons. The number of ether oxygens (including phenoxy) is 1. The van der Waals surface area contributed by atoms with E-state index in [1.165, 1.54) is 30.5 Å². The van der Waals surface area contributed by atoms with Gasteiger partial charge < -0.3 is 9.72 Å². The molecule has 5 rings (SSSR count). The number of nitrogens with zero attached hydrogens (tertiary/aromatic N) is 1. The summed E-state index contributed by atoms with van der Waals surface area (Å²) in [6.07, 6.45) is 6.86. The minimum atomic E-state index is -0.257. The first-order chi connectivity index (χ1) is 13.7. The molecular weight excluding hydrogens is 358 g/mol. The van der Waals surface area contributed by atoms with Crippen molar-refractivity contribution in [3.05, 3.63) is 65.9 Å². The molecule has 0 atom stereocenters. The van der Waals surface area contributed by atoms with Crippen LogP contribution in [0.2, 0.25) is 0 Å². The van der Waals surface area contributed by atoms with Crippen molar-refractivity contribution in [2.45, 2.75) is 43.7 Å². The first-order valence-corrected chi connectivity index (χ1v) is 10.1. The SMILES string of the molecule is Fc1cccc(OC2CN([C@H]3CC[C@H](c4c[nH]c5cc(F)ccc54)CC3)C2)c1. The number of hydrogen-bond acceptors (Lipinski definition) is 2. The quantitative estimate of drug-likeness (QED) is 0.669. The Morgan fingerprint density at radius 3 is 2.50 bits per heavy atom. The summed E-state index contributed by atoms with van der Waals surface area (Å²) in [7, 11) is 0. The van der Waals surface area contributed by atoms with Gasteiger partial charge in [-0.3, -0.25) is 4.90 Å². The van der Waals surface area contributed by atoms with Crippen LogP contribution in [-0.4, -0.2) is 35.1 Å². The fourth-order valence-corrected chi connectivity index (χ4v) is 4.79. The average Bonchev–Trinajstić information content (AvgIpc) is 3.07. The van der Waals surface area contributed by atoms with Crippen molar-refractivity contribution in [1.29, 1.82) is 0 Å². The molecule has 0 spiro atoms. The van der Waals surface area contributed by atoms with Crippen LogP contribution in [0, 0.1) is 11.6 Å². The molecule has 1 saturated heterocycles. The van der Waals surface area contributed by atoms with E-state index in [1.807, 2.05) is 12.1 Å². The highest BCUT2D eigenvalue weighted by Gasteiger charge is 2.36. The van der Waals surface area contributed by atoms with Crippen molar-refractivity contribution in [3.63, 3.8) is 0 Å². The van der Waals surface area contributed by atoms with Crippen LogP contribution in [0.25, 0.3) is 10.9 Å². The largest absolute Gasteiger partial charge is 0.488 e. The molecule has 0 bridgehead atoms. The summed E-state index contributed by atoms with van der Waals surface area (Å²) in [6.45, 7) is 1.83. The van der Waals surface area contributed by atoms with Gasteiger partial charge in [0.15, 0.2) is 0 Å². The van der Waals surface area contributed by atoms with Gasteiger partial charge in [-0.1, -0.05) is 6.07 Å². The lowest BCUT2D eigenvalue weighted by molar-refractivity contribution is -0.0202. The summed E-state index contributed by atoms with van der Waals surface area (Å²) < 4.78 is 32.5. The monoisotopic (exact) mass is 382 g/mol. The van der Waals surface area contributed by atoms with E-state index in [2.05, 4.69) is 16.1 Å². The third kappa shape index (κ3) is 3.39. The molecule has 3 aromatic rings. The third-order valence-electron chi connectivity index (χ3n) is 6.30. The van der Waals surface area contributed by atoms with E-state index >= 15 is 0 Å². The summed E-state index contributed by atoms with van der Waals surface area (Å²) in [6, 6.07) is 12.0. The number of fused-ring (bicyclic) bond motifs is 1. The smallest absolute Gasteiger partial charge is 0.126 e. The number of likely N-dealkylation sites (tertiary alicyclic amines) is 1. The zero-order valence-electron chi connectivity index (χ0n) is 15.7. The number of H-pyrrole nitrogens is 1. The molecule has 5 heteroatoms. The van der Waals surface area contributed by atoms with Crippen molar-refractivity contribution >= 4 is 10.9 Å². The van der Waals surface area contributed by atoms with Gasteiger partial charge in [-0.05, 0) is 67.5 Å². The van der Waals surface area contributed by atoms with Crippen LogP contribution < -0.4 is 4.74 Å². The number of benzene rings is 2. The number of halogens is 2. The minimum Gasteiger partial charge on any atom is -0.488 e. The van der Waals surface area contributed by atoms with E-state index in [-0.39, 0.29) is 17.7 Å². The number of aromatic nitrogens is 1. The van der Waals surface area contributed by atoms with Gasteiger partial charge in [-0.2, -0.15) is 0 Å². The molecule has 2 heterocycles. The molecule has 0 unspecified atom stereocenters. The van der Waals surface area contributed by atoms with Crippen molar-refractivity contribution in [2.24, 2.45) is 0 Å². The summed E-state index contributed by atoms with van der Waals surface area (Å²) in [5.41, 5.74) is 2.21. The molecule has 1 aliphatic carbocycles. The van der Waals surface area contributed by atoms with Crippen molar-refractivity contribution in [3.8, 4) is 5.75 Å². The number of nitrogens with one attached hydrogen (secondary N) is 1. The molecule has 28 heavy (non-hydrogen) atoms. The fraction of sp³-hybridized carbons (Fsp3) is 0.391. The van der Waals surface area contributed by atoms with E-state index < -0.39 is 0 Å². The maximum absolute atomic E-state index is 13.4. The second-order valence-electron chi connectivity index (χ2n) is 8.09. The Labute approximate surface area is 163 Å². The van der Waals surface area contributed by atoms with Gasteiger partial charge in [-0.15, -0.1) is 0 Å². The Hall–Kier alpha value is -2.40. The van der Waals surface area contributed by atoms with Crippen LogP contribution in [0.15, 0.2) is 48.7 Å². The van der Waals surface area contributed by atoms with Crippen molar-refractivity contribution in [1.82, 2.24) is 9.88 Å². The normalized spacial score (nSPS) is 23.6. The Balaban J connectivity index is 1.15. The van der Waals surface area contributed by atoms with Crippen LogP contribution in [0.1, 0.15) is 37.2 Å². The Bertz CT molecular complexity index is 972. The molecular formula is C23H24F2N2O. The van der Waals surface area contributed by atoms with Gasteiger partial charge >= 0.3 is 0 Å². The first kappa shape index (κ1) is 17.7. The highest BCUT2D eigenvalue weighted by atomic mass is 19.1. The lowest BCUT2D eigenvalue weighted by atomic mass is 9.80. The zero-order chi connectivity index (χ0) is 19.1. The van der Waals surface area contributed by atoms with Gasteiger partial charge in [0, 0.05) is 42.3 Å². The highest BCUT2D eigenvalue weighted by Crippen LogP contribution is 2.39. The highest BCUT2D eigenvalue weighted by molar-refractivity contribution is 5.83. The third-order valence-corrected chi connectivity index (χ3v) is 6.30. The molecule has 1 saturated carbocycles. The molecule has 2 fully saturated rings. The number of rotatable bonds is 4. The van der Waals surface area contributed by atoms with E-state index in [4.69, 9.17) is 4.74 Å². The molecule has 2 aromatic carbocycles. The van der Waals surface area contributed by atoms with Crippen LogP contribution in [-0.2, 0) is 0 Å². The molecule has 3 nitrogen and oxygen atoms in total. The molecule has 1 N–H and O–H groups in total. The second kappa shape index (κ2) is 7.21. The number of aromatic amines is 1. The molecule has 0 amide bonds. The van der Waals surface area contributed by atoms with E-state index in [1.54, 1.807) is 18.2 Å². The molecule has 1 aromatic heterocycles. The summed E-state index contributed by atoms with van der Waals surface area (Å²) in [5, 5.41) is 1.15. The lowest BCUT2D eigenvalue weighted by Crippen LogP contribution is -2.58. The van der Waals surface area contributed by atoms with Gasteiger partial charge in [0.2, 0.25) is 0 Å². The average molecular weight is 382 g/mol. The van der Waals surface area contributed by atoms with Crippen LogP contribution >= 0.6 is 0 Å². The van der Waals surface area contributed by atoms with Crippen molar-refractivity contribution in [2.75, 3.05) is 13.1 Å². The Kier molecular flexibility index (Phi) is 4.55. The second-order valence-corrected chi connectivity index (χ2v) is 8.09. The number of hydrogen-bond donors (Lipinski definition) is 1. The zero-order valence-corrected chi connectivity index (χ0v) is 15.7. The standard InChI is InChI=1S/C23H24F2N2O/c24-16-2-1-3-19(10-16)28-20-13-27(14-20)18-7-4-15(5-8-18)22-12-26-23-11-17(25)6-9-21(22)23/h1-3,6,9-12,15,18,20,26H,4-5,7-8,13-14H2/t15-,18-.